The fraction of sp³-hybridized carbons (Fsp3) is 0.667. The number of rotatable bonds is 2. The number of nitrogens with one attached hydrogen (secondary N) is 1. The zero-order chi connectivity index (χ0) is 8.39. The van der Waals surface area contributed by atoms with E-state index in [1.807, 2.05) is 18.7 Å². The molecule has 2 atom stereocenters. The topological polar surface area (TPSA) is 29.9 Å². The Labute approximate surface area is 72.8 Å². The molecule has 0 aromatic carbocycles. The van der Waals surface area contributed by atoms with Crippen molar-refractivity contribution in [2.45, 2.75) is 19.4 Å². The Morgan fingerprint density at radius 3 is 3.17 bits per heavy atom. The van der Waals surface area contributed by atoms with Crippen molar-refractivity contribution in [3.05, 3.63) is 18.7 Å². The summed E-state index contributed by atoms with van der Waals surface area (Å²) >= 11 is 0. The molecule has 0 spiro atoms. The van der Waals surface area contributed by atoms with Gasteiger partial charge in [0.25, 0.3) is 0 Å². The molecule has 0 saturated carbocycles. The van der Waals surface area contributed by atoms with Crippen LogP contribution in [0.15, 0.2) is 18.7 Å². The maximum atomic E-state index is 4.06. The molecule has 1 aliphatic rings. The zero-order valence-corrected chi connectivity index (χ0v) is 7.40. The molecule has 0 radical (unpaired) electrons. The van der Waals surface area contributed by atoms with Crippen LogP contribution in [-0.4, -0.2) is 22.6 Å². The van der Waals surface area contributed by atoms with Gasteiger partial charge in [0.15, 0.2) is 0 Å². The summed E-state index contributed by atoms with van der Waals surface area (Å²) < 4.78 is 2.19. The first-order valence-electron chi connectivity index (χ1n) is 4.56. The molecular formula is C9H15N3. The van der Waals surface area contributed by atoms with Crippen molar-refractivity contribution in [1.82, 2.24) is 14.9 Å². The minimum atomic E-state index is 0.586. The maximum Gasteiger partial charge on any atom is 0.0948 e. The first-order valence-corrected chi connectivity index (χ1v) is 4.56. The molecule has 2 rings (SSSR count). The number of nitrogens with zero attached hydrogens (tertiary/aromatic N) is 2. The van der Waals surface area contributed by atoms with Gasteiger partial charge < -0.3 is 9.88 Å². The van der Waals surface area contributed by atoms with Crippen LogP contribution in [0.4, 0.5) is 0 Å². The molecule has 2 heterocycles. The average Bonchev–Trinajstić information content (AvgIpc) is 2.77. The second kappa shape index (κ2) is 3.27. The van der Waals surface area contributed by atoms with Crippen molar-refractivity contribution in [3.8, 4) is 0 Å². The summed E-state index contributed by atoms with van der Waals surface area (Å²) in [6, 6.07) is 0.586. The van der Waals surface area contributed by atoms with Crippen LogP contribution in [0.1, 0.15) is 19.4 Å². The number of hydrogen-bond donors (Lipinski definition) is 1. The van der Waals surface area contributed by atoms with E-state index in [2.05, 4.69) is 21.8 Å². The lowest BCUT2D eigenvalue weighted by atomic mass is 10.0. The van der Waals surface area contributed by atoms with E-state index in [1.165, 1.54) is 13.0 Å². The Balaban J connectivity index is 2.04. The highest BCUT2D eigenvalue weighted by Gasteiger charge is 2.21. The normalized spacial score (nSPS) is 25.9. The van der Waals surface area contributed by atoms with Crippen molar-refractivity contribution in [2.24, 2.45) is 5.92 Å². The lowest BCUT2D eigenvalue weighted by molar-refractivity contribution is 0.379. The maximum absolute atomic E-state index is 4.06. The second-order valence-electron chi connectivity index (χ2n) is 3.50. The molecule has 1 unspecified atom stereocenters. The lowest BCUT2D eigenvalue weighted by Crippen LogP contribution is -2.18. The number of imidazole rings is 1. The quantitative estimate of drug-likeness (QED) is 0.710. The SMILES string of the molecule is C[C@H](C1CCNC1)n1ccnc1. The zero-order valence-electron chi connectivity index (χ0n) is 7.40. The summed E-state index contributed by atoms with van der Waals surface area (Å²) in [6.45, 7) is 4.59. The summed E-state index contributed by atoms with van der Waals surface area (Å²) in [4.78, 5) is 4.06. The average molecular weight is 165 g/mol. The van der Waals surface area contributed by atoms with Crippen LogP contribution >= 0.6 is 0 Å². The van der Waals surface area contributed by atoms with E-state index >= 15 is 0 Å². The van der Waals surface area contributed by atoms with E-state index in [1.54, 1.807) is 0 Å². The van der Waals surface area contributed by atoms with E-state index in [-0.39, 0.29) is 0 Å². The van der Waals surface area contributed by atoms with Gasteiger partial charge in [-0.05, 0) is 32.4 Å². The molecular weight excluding hydrogens is 150 g/mol. The van der Waals surface area contributed by atoms with E-state index < -0.39 is 0 Å². The Bertz CT molecular complexity index is 224. The fourth-order valence-corrected chi connectivity index (χ4v) is 1.84. The van der Waals surface area contributed by atoms with Crippen LogP contribution in [-0.2, 0) is 0 Å². The Hall–Kier alpha value is -0.830. The molecule has 1 N–H and O–H groups in total. The van der Waals surface area contributed by atoms with E-state index in [0.717, 1.165) is 12.5 Å². The van der Waals surface area contributed by atoms with Crippen LogP contribution in [0.3, 0.4) is 0 Å². The van der Waals surface area contributed by atoms with Crippen LogP contribution in [0.5, 0.6) is 0 Å². The Kier molecular flexibility index (Phi) is 2.13. The third-order valence-electron chi connectivity index (χ3n) is 2.78. The van der Waals surface area contributed by atoms with Crippen molar-refractivity contribution in [3.63, 3.8) is 0 Å². The van der Waals surface area contributed by atoms with Gasteiger partial charge in [0.2, 0.25) is 0 Å². The summed E-state index contributed by atoms with van der Waals surface area (Å²) in [5.41, 5.74) is 0. The minimum Gasteiger partial charge on any atom is -0.334 e. The van der Waals surface area contributed by atoms with Gasteiger partial charge in [-0.3, -0.25) is 0 Å². The number of aromatic nitrogens is 2. The molecule has 1 aliphatic heterocycles. The minimum absolute atomic E-state index is 0.586. The third kappa shape index (κ3) is 1.37. The fourth-order valence-electron chi connectivity index (χ4n) is 1.84. The van der Waals surface area contributed by atoms with Gasteiger partial charge in [-0.2, -0.15) is 0 Å². The molecule has 1 saturated heterocycles. The van der Waals surface area contributed by atoms with Gasteiger partial charge >= 0.3 is 0 Å². The van der Waals surface area contributed by atoms with Crippen LogP contribution in [0.25, 0.3) is 0 Å². The predicted molar refractivity (Wildman–Crippen MR) is 47.9 cm³/mol. The van der Waals surface area contributed by atoms with Gasteiger partial charge in [0.1, 0.15) is 0 Å². The van der Waals surface area contributed by atoms with E-state index in [9.17, 15) is 0 Å². The molecule has 0 amide bonds. The van der Waals surface area contributed by atoms with Gasteiger partial charge in [-0.1, -0.05) is 0 Å². The standard InChI is InChI=1S/C9H15N3/c1-8(9-2-3-10-6-9)12-5-4-11-7-12/h4-5,7-10H,2-3,6H2,1H3/t8-,9?/m1/s1. The van der Waals surface area contributed by atoms with Crippen molar-refractivity contribution >= 4 is 0 Å². The molecule has 1 fully saturated rings. The monoisotopic (exact) mass is 165 g/mol. The van der Waals surface area contributed by atoms with Crippen LogP contribution in [0, 0.1) is 5.92 Å². The molecule has 3 heteroatoms. The number of hydrogen-bond acceptors (Lipinski definition) is 2. The molecule has 0 bridgehead atoms. The predicted octanol–water partition coefficient (Wildman–Crippen LogP) is 1.05. The van der Waals surface area contributed by atoms with Gasteiger partial charge in [0.05, 0.1) is 6.33 Å². The smallest absolute Gasteiger partial charge is 0.0948 e. The second-order valence-corrected chi connectivity index (χ2v) is 3.50. The molecule has 0 aliphatic carbocycles. The van der Waals surface area contributed by atoms with E-state index in [0.29, 0.717) is 6.04 Å². The molecule has 1 aromatic heterocycles. The van der Waals surface area contributed by atoms with Crippen molar-refractivity contribution in [1.29, 1.82) is 0 Å². The molecule has 3 nitrogen and oxygen atoms in total. The Morgan fingerprint density at radius 1 is 1.67 bits per heavy atom. The Morgan fingerprint density at radius 2 is 2.58 bits per heavy atom. The van der Waals surface area contributed by atoms with E-state index in [4.69, 9.17) is 0 Å². The molecule has 12 heavy (non-hydrogen) atoms. The summed E-state index contributed by atoms with van der Waals surface area (Å²) in [6.07, 6.45) is 7.09. The highest BCUT2D eigenvalue weighted by Crippen LogP contribution is 2.22. The highest BCUT2D eigenvalue weighted by molar-refractivity contribution is 4.85. The van der Waals surface area contributed by atoms with Crippen LogP contribution < -0.4 is 5.32 Å². The van der Waals surface area contributed by atoms with Crippen molar-refractivity contribution in [2.75, 3.05) is 13.1 Å². The van der Waals surface area contributed by atoms with Crippen molar-refractivity contribution < 1.29 is 0 Å². The van der Waals surface area contributed by atoms with Crippen LogP contribution in [0.2, 0.25) is 0 Å². The third-order valence-corrected chi connectivity index (χ3v) is 2.78. The van der Waals surface area contributed by atoms with Gasteiger partial charge in [-0.15, -0.1) is 0 Å². The summed E-state index contributed by atoms with van der Waals surface area (Å²) in [5, 5.41) is 3.38. The highest BCUT2D eigenvalue weighted by atomic mass is 15.1. The summed E-state index contributed by atoms with van der Waals surface area (Å²) in [7, 11) is 0. The van der Waals surface area contributed by atoms with Gasteiger partial charge in [-0.25, -0.2) is 4.98 Å². The van der Waals surface area contributed by atoms with Gasteiger partial charge in [0, 0.05) is 18.4 Å². The first kappa shape index (κ1) is 7.80. The summed E-state index contributed by atoms with van der Waals surface area (Å²) in [5.74, 6) is 0.777. The lowest BCUT2D eigenvalue weighted by Gasteiger charge is -2.19. The molecule has 66 valence electrons. The molecule has 1 aromatic rings. The largest absolute Gasteiger partial charge is 0.334 e. The first-order chi connectivity index (χ1) is 5.88.